The van der Waals surface area contributed by atoms with Gasteiger partial charge in [-0.15, -0.1) is 0 Å². The molecule has 0 heterocycles. The molecule has 2 N–H and O–H groups in total. The van der Waals surface area contributed by atoms with Crippen LogP contribution in [-0.4, -0.2) is 25.8 Å². The van der Waals surface area contributed by atoms with Gasteiger partial charge in [0, 0.05) is 16.8 Å². The highest BCUT2D eigenvalue weighted by Crippen LogP contribution is 2.20. The molecular formula is C13H18BrNO3. The summed E-state index contributed by atoms with van der Waals surface area (Å²) in [6.45, 7) is 3.50. The minimum absolute atomic E-state index is 0.262. The third-order valence-corrected chi connectivity index (χ3v) is 3.06. The third kappa shape index (κ3) is 5.06. The van der Waals surface area contributed by atoms with Crippen LogP contribution >= 0.6 is 15.9 Å². The van der Waals surface area contributed by atoms with E-state index in [0.29, 0.717) is 24.5 Å². The Morgan fingerprint density at radius 2 is 2.11 bits per heavy atom. The highest BCUT2D eigenvalue weighted by molar-refractivity contribution is 9.10. The summed E-state index contributed by atoms with van der Waals surface area (Å²) in [6, 6.07) is 4.98. The van der Waals surface area contributed by atoms with Gasteiger partial charge in [0.1, 0.15) is 6.61 Å². The predicted octanol–water partition coefficient (Wildman–Crippen LogP) is 3.00. The number of esters is 1. The highest BCUT2D eigenvalue weighted by Gasteiger charge is 2.08. The second-order valence-electron chi connectivity index (χ2n) is 3.84. The number of anilines is 1. The van der Waals surface area contributed by atoms with Gasteiger partial charge in [0.05, 0.1) is 12.2 Å². The molecule has 0 bridgehead atoms. The summed E-state index contributed by atoms with van der Waals surface area (Å²) in [7, 11) is 0. The molecule has 4 nitrogen and oxygen atoms in total. The number of carbonyl (C=O) groups is 1. The molecule has 0 saturated carbocycles. The van der Waals surface area contributed by atoms with Gasteiger partial charge in [-0.2, -0.15) is 0 Å². The van der Waals surface area contributed by atoms with Gasteiger partial charge in [-0.3, -0.25) is 0 Å². The van der Waals surface area contributed by atoms with Gasteiger partial charge in [0.25, 0.3) is 0 Å². The molecule has 0 unspecified atom stereocenters. The lowest BCUT2D eigenvalue weighted by molar-refractivity contribution is 0.0314. The molecule has 0 radical (unpaired) electrons. The normalized spacial score (nSPS) is 10.3. The average Bonchev–Trinajstić information content (AvgIpc) is 2.36. The molecule has 0 aromatic heterocycles. The standard InChI is InChI=1S/C13H18BrNO3/c1-2-3-6-17-7-8-18-13(16)10-4-5-11(14)12(15)9-10/h4-5,9H,2-3,6-8,15H2,1H3. The Balaban J connectivity index is 2.30. The van der Waals surface area contributed by atoms with E-state index in [9.17, 15) is 4.79 Å². The average molecular weight is 316 g/mol. The van der Waals surface area contributed by atoms with Gasteiger partial charge in [0.2, 0.25) is 0 Å². The lowest BCUT2D eigenvalue weighted by atomic mass is 10.2. The number of hydrogen-bond acceptors (Lipinski definition) is 4. The number of nitrogens with two attached hydrogens (primary N) is 1. The minimum atomic E-state index is -0.381. The summed E-state index contributed by atoms with van der Waals surface area (Å²) in [5, 5.41) is 0. The quantitative estimate of drug-likeness (QED) is 0.477. The zero-order valence-corrected chi connectivity index (χ0v) is 12.0. The molecule has 100 valence electrons. The van der Waals surface area contributed by atoms with E-state index < -0.39 is 0 Å². The predicted molar refractivity (Wildman–Crippen MR) is 74.6 cm³/mol. The van der Waals surface area contributed by atoms with Gasteiger partial charge >= 0.3 is 5.97 Å². The Hall–Kier alpha value is -1.07. The third-order valence-electron chi connectivity index (χ3n) is 2.33. The van der Waals surface area contributed by atoms with Crippen molar-refractivity contribution in [3.63, 3.8) is 0 Å². The van der Waals surface area contributed by atoms with Crippen molar-refractivity contribution < 1.29 is 14.3 Å². The van der Waals surface area contributed by atoms with Crippen LogP contribution in [0, 0.1) is 0 Å². The van der Waals surface area contributed by atoms with Crippen LogP contribution in [0.25, 0.3) is 0 Å². The summed E-state index contributed by atoms with van der Waals surface area (Å²) in [5.74, 6) is -0.381. The summed E-state index contributed by atoms with van der Waals surface area (Å²) >= 11 is 3.27. The molecule has 0 saturated heterocycles. The van der Waals surface area contributed by atoms with Crippen LogP contribution in [-0.2, 0) is 9.47 Å². The Morgan fingerprint density at radius 3 is 2.78 bits per heavy atom. The Kier molecular flexibility index (Phi) is 6.75. The molecule has 1 rings (SSSR count). The summed E-state index contributed by atoms with van der Waals surface area (Å²) < 4.78 is 11.1. The van der Waals surface area contributed by atoms with E-state index in [1.165, 1.54) is 0 Å². The van der Waals surface area contributed by atoms with Crippen molar-refractivity contribution in [2.75, 3.05) is 25.6 Å². The topological polar surface area (TPSA) is 61.5 Å². The van der Waals surface area contributed by atoms with Crippen molar-refractivity contribution in [2.45, 2.75) is 19.8 Å². The van der Waals surface area contributed by atoms with Crippen LogP contribution in [0.5, 0.6) is 0 Å². The number of unbranched alkanes of at least 4 members (excludes halogenated alkanes) is 1. The minimum Gasteiger partial charge on any atom is -0.460 e. The SMILES string of the molecule is CCCCOCCOC(=O)c1ccc(Br)c(N)c1. The molecule has 0 atom stereocenters. The van der Waals surface area contributed by atoms with Crippen molar-refractivity contribution in [1.82, 2.24) is 0 Å². The van der Waals surface area contributed by atoms with Crippen molar-refractivity contribution in [3.05, 3.63) is 28.2 Å². The van der Waals surface area contributed by atoms with E-state index in [1.54, 1.807) is 18.2 Å². The van der Waals surface area contributed by atoms with Crippen molar-refractivity contribution in [3.8, 4) is 0 Å². The van der Waals surface area contributed by atoms with Gasteiger partial charge < -0.3 is 15.2 Å². The summed E-state index contributed by atoms with van der Waals surface area (Å²) in [4.78, 5) is 11.6. The Morgan fingerprint density at radius 1 is 1.33 bits per heavy atom. The van der Waals surface area contributed by atoms with Gasteiger partial charge in [-0.1, -0.05) is 13.3 Å². The monoisotopic (exact) mass is 315 g/mol. The molecule has 0 aliphatic rings. The fourth-order valence-electron chi connectivity index (χ4n) is 1.30. The number of hydrogen-bond donors (Lipinski definition) is 1. The van der Waals surface area contributed by atoms with E-state index >= 15 is 0 Å². The highest BCUT2D eigenvalue weighted by atomic mass is 79.9. The van der Waals surface area contributed by atoms with Gasteiger partial charge in [-0.05, 0) is 40.5 Å². The van der Waals surface area contributed by atoms with E-state index in [-0.39, 0.29) is 12.6 Å². The molecule has 0 aliphatic heterocycles. The number of nitrogen functional groups attached to an aromatic ring is 1. The van der Waals surface area contributed by atoms with Gasteiger partial charge in [0.15, 0.2) is 0 Å². The number of carbonyl (C=O) groups excluding carboxylic acids is 1. The fourth-order valence-corrected chi connectivity index (χ4v) is 1.54. The van der Waals surface area contributed by atoms with Crippen LogP contribution < -0.4 is 5.73 Å². The first-order valence-corrected chi connectivity index (χ1v) is 6.74. The molecular weight excluding hydrogens is 298 g/mol. The maximum Gasteiger partial charge on any atom is 0.338 e. The van der Waals surface area contributed by atoms with E-state index in [1.807, 2.05) is 0 Å². The van der Waals surface area contributed by atoms with Crippen LogP contribution in [0.2, 0.25) is 0 Å². The van der Waals surface area contributed by atoms with Crippen molar-refractivity contribution in [2.24, 2.45) is 0 Å². The second-order valence-corrected chi connectivity index (χ2v) is 4.69. The maximum absolute atomic E-state index is 11.6. The second kappa shape index (κ2) is 8.11. The van der Waals surface area contributed by atoms with Crippen molar-refractivity contribution in [1.29, 1.82) is 0 Å². The number of benzene rings is 1. The smallest absolute Gasteiger partial charge is 0.338 e. The summed E-state index contributed by atoms with van der Waals surface area (Å²) in [5.41, 5.74) is 6.65. The number of ether oxygens (including phenoxy) is 2. The molecule has 1 aromatic carbocycles. The van der Waals surface area contributed by atoms with E-state index in [4.69, 9.17) is 15.2 Å². The van der Waals surface area contributed by atoms with Crippen LogP contribution in [0.1, 0.15) is 30.1 Å². The van der Waals surface area contributed by atoms with Crippen LogP contribution in [0.15, 0.2) is 22.7 Å². The molecule has 0 spiro atoms. The summed E-state index contributed by atoms with van der Waals surface area (Å²) in [6.07, 6.45) is 2.12. The number of rotatable bonds is 7. The largest absolute Gasteiger partial charge is 0.460 e. The van der Waals surface area contributed by atoms with Crippen molar-refractivity contribution >= 4 is 27.6 Å². The lowest BCUT2D eigenvalue weighted by Gasteiger charge is -2.06. The fraction of sp³-hybridized carbons (Fsp3) is 0.462. The van der Waals surface area contributed by atoms with Crippen LogP contribution in [0.3, 0.4) is 0 Å². The maximum atomic E-state index is 11.6. The van der Waals surface area contributed by atoms with Crippen LogP contribution in [0.4, 0.5) is 5.69 Å². The molecule has 0 amide bonds. The van der Waals surface area contributed by atoms with Gasteiger partial charge in [-0.25, -0.2) is 4.79 Å². The molecule has 18 heavy (non-hydrogen) atoms. The first-order chi connectivity index (χ1) is 8.65. The number of halogens is 1. The molecule has 5 heteroatoms. The zero-order chi connectivity index (χ0) is 13.4. The Bertz CT molecular complexity index is 396. The first-order valence-electron chi connectivity index (χ1n) is 5.95. The molecule has 0 fully saturated rings. The first kappa shape index (κ1) is 15.0. The zero-order valence-electron chi connectivity index (χ0n) is 10.4. The molecule has 0 aliphatic carbocycles. The van der Waals surface area contributed by atoms with E-state index in [0.717, 1.165) is 17.3 Å². The lowest BCUT2D eigenvalue weighted by Crippen LogP contribution is -2.11. The molecule has 1 aromatic rings. The van der Waals surface area contributed by atoms with E-state index in [2.05, 4.69) is 22.9 Å². The Labute approximate surface area is 116 Å².